The second kappa shape index (κ2) is 5.84. The van der Waals surface area contributed by atoms with Gasteiger partial charge in [0.15, 0.2) is 17.1 Å². The first-order valence-corrected chi connectivity index (χ1v) is 8.31. The van der Waals surface area contributed by atoms with Gasteiger partial charge in [0.1, 0.15) is 5.82 Å². The van der Waals surface area contributed by atoms with E-state index in [1.54, 1.807) is 30.7 Å². The van der Waals surface area contributed by atoms with Crippen LogP contribution in [0.3, 0.4) is 0 Å². The number of pyridine rings is 2. The first kappa shape index (κ1) is 15.4. The minimum Gasteiger partial charge on any atom is -0.381 e. The van der Waals surface area contributed by atoms with Crippen molar-refractivity contribution < 1.29 is 4.39 Å². The van der Waals surface area contributed by atoms with Gasteiger partial charge in [-0.05, 0) is 30.3 Å². The van der Waals surface area contributed by atoms with Crippen molar-refractivity contribution in [2.75, 3.05) is 5.73 Å². The van der Waals surface area contributed by atoms with Crippen LogP contribution in [0.25, 0.3) is 39.2 Å². The van der Waals surface area contributed by atoms with E-state index in [0.717, 1.165) is 16.6 Å². The van der Waals surface area contributed by atoms with Gasteiger partial charge in [-0.3, -0.25) is 4.40 Å². The van der Waals surface area contributed by atoms with Crippen molar-refractivity contribution in [2.24, 2.45) is 0 Å². The van der Waals surface area contributed by atoms with Crippen molar-refractivity contribution in [2.45, 2.75) is 0 Å². The molecule has 0 amide bonds. The molecule has 0 saturated carbocycles. The normalized spacial score (nSPS) is 11.3. The monoisotopic (exact) mass is 356 g/mol. The molecular formula is C20H13FN6. The molecule has 0 bridgehead atoms. The predicted octanol–water partition coefficient (Wildman–Crippen LogP) is 3.73. The highest BCUT2D eigenvalue weighted by Crippen LogP contribution is 2.36. The lowest BCUT2D eigenvalue weighted by molar-refractivity contribution is 0.628. The van der Waals surface area contributed by atoms with Gasteiger partial charge in [-0.1, -0.05) is 12.1 Å². The lowest BCUT2D eigenvalue weighted by Crippen LogP contribution is -2.04. The summed E-state index contributed by atoms with van der Waals surface area (Å²) in [5, 5.41) is 0.860. The molecule has 5 aromatic rings. The summed E-state index contributed by atoms with van der Waals surface area (Å²) in [6, 6.07) is 12.0. The molecule has 4 aromatic heterocycles. The Balaban J connectivity index is 1.95. The van der Waals surface area contributed by atoms with E-state index in [4.69, 9.17) is 5.73 Å². The van der Waals surface area contributed by atoms with Crippen LogP contribution in [0.5, 0.6) is 0 Å². The third-order valence-corrected chi connectivity index (χ3v) is 4.44. The quantitative estimate of drug-likeness (QED) is 0.521. The number of imidazole rings is 1. The standard InChI is InChI=1S/C20H13FN6/c21-13-4-1-3-12(11-13)16-17(27-10-9-25-20(27)18(22)26-16)14-6-8-24-19-15(14)5-2-7-23-19/h1-11H,(H2,22,26). The molecule has 7 heteroatoms. The van der Waals surface area contributed by atoms with Crippen LogP contribution in [0.2, 0.25) is 0 Å². The number of aromatic nitrogens is 5. The third-order valence-electron chi connectivity index (χ3n) is 4.44. The Morgan fingerprint density at radius 3 is 2.70 bits per heavy atom. The van der Waals surface area contributed by atoms with Crippen LogP contribution in [0.15, 0.2) is 67.3 Å². The third kappa shape index (κ3) is 2.40. The number of benzene rings is 1. The maximum Gasteiger partial charge on any atom is 0.180 e. The number of fused-ring (bicyclic) bond motifs is 2. The van der Waals surface area contributed by atoms with Crippen molar-refractivity contribution in [3.63, 3.8) is 0 Å². The zero-order chi connectivity index (χ0) is 18.4. The van der Waals surface area contributed by atoms with Crippen molar-refractivity contribution in [1.82, 2.24) is 24.3 Å². The molecule has 0 atom stereocenters. The molecule has 6 nitrogen and oxygen atoms in total. The number of rotatable bonds is 2. The van der Waals surface area contributed by atoms with Crippen molar-refractivity contribution in [3.8, 4) is 22.5 Å². The molecular weight excluding hydrogens is 343 g/mol. The average molecular weight is 356 g/mol. The number of nitrogens with zero attached hydrogens (tertiary/aromatic N) is 5. The Morgan fingerprint density at radius 2 is 1.81 bits per heavy atom. The van der Waals surface area contributed by atoms with E-state index in [2.05, 4.69) is 19.9 Å². The van der Waals surface area contributed by atoms with Gasteiger partial charge >= 0.3 is 0 Å². The largest absolute Gasteiger partial charge is 0.381 e. The highest BCUT2D eigenvalue weighted by molar-refractivity contribution is 5.96. The van der Waals surface area contributed by atoms with E-state index >= 15 is 0 Å². The van der Waals surface area contributed by atoms with Gasteiger partial charge in [-0.2, -0.15) is 0 Å². The van der Waals surface area contributed by atoms with E-state index in [1.165, 1.54) is 12.1 Å². The Morgan fingerprint density at radius 1 is 0.926 bits per heavy atom. The molecule has 0 radical (unpaired) electrons. The van der Waals surface area contributed by atoms with Gasteiger partial charge in [0.25, 0.3) is 0 Å². The molecule has 2 N–H and O–H groups in total. The smallest absolute Gasteiger partial charge is 0.180 e. The number of nitrogens with two attached hydrogens (primary N) is 1. The predicted molar refractivity (Wildman–Crippen MR) is 101 cm³/mol. The first-order chi connectivity index (χ1) is 13.2. The Kier molecular flexibility index (Phi) is 3.33. The zero-order valence-electron chi connectivity index (χ0n) is 14.0. The highest BCUT2D eigenvalue weighted by atomic mass is 19.1. The minimum absolute atomic E-state index is 0.277. The molecule has 0 fully saturated rings. The summed E-state index contributed by atoms with van der Waals surface area (Å²) in [5.41, 5.74) is 10.1. The van der Waals surface area contributed by atoms with Crippen LogP contribution in [0, 0.1) is 5.82 Å². The van der Waals surface area contributed by atoms with Gasteiger partial charge in [0.2, 0.25) is 0 Å². The molecule has 4 heterocycles. The second-order valence-electron chi connectivity index (χ2n) is 6.06. The molecule has 1 aromatic carbocycles. The molecule has 5 rings (SSSR count). The van der Waals surface area contributed by atoms with Gasteiger partial charge in [-0.25, -0.2) is 24.3 Å². The van der Waals surface area contributed by atoms with Crippen LogP contribution in [-0.2, 0) is 0 Å². The Labute approximate surface area is 153 Å². The second-order valence-corrected chi connectivity index (χ2v) is 6.06. The molecule has 0 spiro atoms. The van der Waals surface area contributed by atoms with E-state index < -0.39 is 0 Å². The van der Waals surface area contributed by atoms with Gasteiger partial charge in [0.05, 0.1) is 11.4 Å². The number of halogens is 1. The summed E-state index contributed by atoms with van der Waals surface area (Å²) >= 11 is 0. The summed E-state index contributed by atoms with van der Waals surface area (Å²) in [6.45, 7) is 0. The molecule has 0 aliphatic rings. The molecule has 0 aliphatic heterocycles. The highest BCUT2D eigenvalue weighted by Gasteiger charge is 2.19. The van der Waals surface area contributed by atoms with E-state index in [9.17, 15) is 4.39 Å². The Bertz CT molecular complexity index is 1310. The lowest BCUT2D eigenvalue weighted by atomic mass is 10.0. The fraction of sp³-hybridized carbons (Fsp3) is 0. The van der Waals surface area contributed by atoms with Crippen LogP contribution in [0.1, 0.15) is 0 Å². The molecule has 27 heavy (non-hydrogen) atoms. The van der Waals surface area contributed by atoms with Crippen molar-refractivity contribution in [3.05, 3.63) is 73.1 Å². The Hall–Kier alpha value is -3.87. The maximum absolute atomic E-state index is 13.9. The van der Waals surface area contributed by atoms with Crippen LogP contribution in [0.4, 0.5) is 10.2 Å². The zero-order valence-corrected chi connectivity index (χ0v) is 14.0. The van der Waals surface area contributed by atoms with Crippen molar-refractivity contribution >= 4 is 22.5 Å². The van der Waals surface area contributed by atoms with Crippen LogP contribution in [-0.4, -0.2) is 24.3 Å². The number of hydrogen-bond acceptors (Lipinski definition) is 5. The van der Waals surface area contributed by atoms with Gasteiger partial charge in [0, 0.05) is 41.3 Å². The number of hydrogen-bond donors (Lipinski definition) is 1. The number of nitrogen functional groups attached to an aromatic ring is 1. The molecule has 0 unspecified atom stereocenters. The van der Waals surface area contributed by atoms with E-state index in [-0.39, 0.29) is 11.6 Å². The first-order valence-electron chi connectivity index (χ1n) is 8.31. The van der Waals surface area contributed by atoms with Crippen LogP contribution < -0.4 is 5.73 Å². The van der Waals surface area contributed by atoms with E-state index in [0.29, 0.717) is 22.6 Å². The SMILES string of the molecule is Nc1nc(-c2cccc(F)c2)c(-c2ccnc3ncccc23)n2ccnc12. The maximum atomic E-state index is 13.9. The summed E-state index contributed by atoms with van der Waals surface area (Å²) in [7, 11) is 0. The molecule has 130 valence electrons. The van der Waals surface area contributed by atoms with Gasteiger partial charge in [-0.15, -0.1) is 0 Å². The van der Waals surface area contributed by atoms with Crippen LogP contribution >= 0.6 is 0 Å². The summed E-state index contributed by atoms with van der Waals surface area (Å²) in [6.07, 6.45) is 6.86. The molecule has 0 aliphatic carbocycles. The topological polar surface area (TPSA) is 82.0 Å². The fourth-order valence-electron chi connectivity index (χ4n) is 3.29. The van der Waals surface area contributed by atoms with E-state index in [1.807, 2.05) is 28.8 Å². The summed E-state index contributed by atoms with van der Waals surface area (Å²) < 4.78 is 15.8. The fourth-order valence-corrected chi connectivity index (χ4v) is 3.29. The summed E-state index contributed by atoms with van der Waals surface area (Å²) in [5.74, 6) is -0.0645. The van der Waals surface area contributed by atoms with Gasteiger partial charge < -0.3 is 5.73 Å². The molecule has 0 saturated heterocycles. The number of anilines is 1. The van der Waals surface area contributed by atoms with Crippen molar-refractivity contribution in [1.29, 1.82) is 0 Å². The lowest BCUT2D eigenvalue weighted by Gasteiger charge is -2.15. The summed E-state index contributed by atoms with van der Waals surface area (Å²) in [4.78, 5) is 17.5. The average Bonchev–Trinajstić information content (AvgIpc) is 3.18. The minimum atomic E-state index is -0.342.